The molecule has 0 saturated heterocycles. The molecular formula is C13H18N2O3. The highest BCUT2D eigenvalue weighted by Crippen LogP contribution is 2.26. The van der Waals surface area contributed by atoms with Gasteiger partial charge in [-0.1, -0.05) is 6.42 Å². The minimum Gasteiger partial charge on any atom is -0.506 e. The number of carbonyl (C=O) groups excluding carboxylic acids is 1. The highest BCUT2D eigenvalue weighted by molar-refractivity contribution is 5.95. The van der Waals surface area contributed by atoms with Crippen molar-refractivity contribution in [3.8, 4) is 5.75 Å². The predicted octanol–water partition coefficient (Wildman–Crippen LogP) is 0.865. The average Bonchev–Trinajstić information content (AvgIpc) is 2.79. The summed E-state index contributed by atoms with van der Waals surface area (Å²) in [6, 6.07) is 4.45. The zero-order chi connectivity index (χ0) is 13.1. The number of nitrogens with two attached hydrogens (primary N) is 1. The van der Waals surface area contributed by atoms with Crippen molar-refractivity contribution in [1.29, 1.82) is 0 Å². The number of anilines is 1. The molecule has 1 saturated carbocycles. The van der Waals surface area contributed by atoms with Gasteiger partial charge in [0.05, 0.1) is 5.69 Å². The summed E-state index contributed by atoms with van der Waals surface area (Å²) in [6.45, 7) is 0.0952. The Morgan fingerprint density at radius 3 is 2.89 bits per heavy atom. The quantitative estimate of drug-likeness (QED) is 0.472. The summed E-state index contributed by atoms with van der Waals surface area (Å²) in [5, 5.41) is 21.5. The summed E-state index contributed by atoms with van der Waals surface area (Å²) < 4.78 is 0. The molecule has 0 spiro atoms. The lowest BCUT2D eigenvalue weighted by atomic mass is 10.0. The largest absolute Gasteiger partial charge is 0.506 e. The Morgan fingerprint density at radius 2 is 2.22 bits per heavy atom. The molecule has 1 amide bonds. The van der Waals surface area contributed by atoms with Crippen LogP contribution >= 0.6 is 0 Å². The van der Waals surface area contributed by atoms with E-state index in [4.69, 9.17) is 5.73 Å². The van der Waals surface area contributed by atoms with Crippen molar-refractivity contribution >= 4 is 11.6 Å². The van der Waals surface area contributed by atoms with E-state index in [0.717, 1.165) is 19.3 Å². The van der Waals surface area contributed by atoms with Gasteiger partial charge in [0, 0.05) is 24.1 Å². The van der Waals surface area contributed by atoms with E-state index in [9.17, 15) is 15.0 Å². The number of aromatic hydroxyl groups is 1. The van der Waals surface area contributed by atoms with Gasteiger partial charge in [-0.3, -0.25) is 4.79 Å². The molecule has 2 rings (SSSR count). The molecular weight excluding hydrogens is 232 g/mol. The number of benzene rings is 1. The molecule has 0 radical (unpaired) electrons. The van der Waals surface area contributed by atoms with Crippen molar-refractivity contribution in [1.82, 2.24) is 5.32 Å². The fraction of sp³-hybridized carbons (Fsp3) is 0.462. The summed E-state index contributed by atoms with van der Waals surface area (Å²) in [5.74, 6) is -0.195. The molecule has 98 valence electrons. The van der Waals surface area contributed by atoms with E-state index in [1.165, 1.54) is 12.1 Å². The number of aliphatic hydroxyl groups excluding tert-OH is 1. The standard InChI is InChI=1S/C13H18N2O3/c14-10-5-4-8(6-12(10)17)13(18)15-11-3-1-2-9(11)7-16/h4-6,9,11,16-17H,1-3,7,14H2,(H,15,18). The van der Waals surface area contributed by atoms with Gasteiger partial charge in [-0.05, 0) is 31.0 Å². The summed E-state index contributed by atoms with van der Waals surface area (Å²) in [7, 11) is 0. The number of rotatable bonds is 3. The van der Waals surface area contributed by atoms with Crippen LogP contribution in [0.15, 0.2) is 18.2 Å². The van der Waals surface area contributed by atoms with Crippen molar-refractivity contribution in [2.24, 2.45) is 5.92 Å². The number of amides is 1. The molecule has 5 nitrogen and oxygen atoms in total. The molecule has 5 heteroatoms. The first-order chi connectivity index (χ1) is 8.61. The van der Waals surface area contributed by atoms with Crippen LogP contribution in [0.1, 0.15) is 29.6 Å². The van der Waals surface area contributed by atoms with Crippen LogP contribution in [0.5, 0.6) is 5.75 Å². The van der Waals surface area contributed by atoms with Gasteiger partial charge in [-0.2, -0.15) is 0 Å². The van der Waals surface area contributed by atoms with Crippen LogP contribution in [0.4, 0.5) is 5.69 Å². The third-order valence-electron chi connectivity index (χ3n) is 3.50. The first-order valence-corrected chi connectivity index (χ1v) is 6.12. The molecule has 0 heterocycles. The second-order valence-electron chi connectivity index (χ2n) is 4.73. The summed E-state index contributed by atoms with van der Waals surface area (Å²) in [4.78, 5) is 12.0. The van der Waals surface area contributed by atoms with Gasteiger partial charge < -0.3 is 21.3 Å². The van der Waals surface area contributed by atoms with Crippen molar-refractivity contribution in [3.63, 3.8) is 0 Å². The molecule has 1 aromatic carbocycles. The number of aliphatic hydroxyl groups is 1. The van der Waals surface area contributed by atoms with Crippen LogP contribution < -0.4 is 11.1 Å². The van der Waals surface area contributed by atoms with Crippen molar-refractivity contribution in [2.45, 2.75) is 25.3 Å². The van der Waals surface area contributed by atoms with E-state index < -0.39 is 0 Å². The molecule has 2 unspecified atom stereocenters. The molecule has 0 aromatic heterocycles. The Morgan fingerprint density at radius 1 is 1.44 bits per heavy atom. The fourth-order valence-electron chi connectivity index (χ4n) is 2.38. The Kier molecular flexibility index (Phi) is 3.72. The van der Waals surface area contributed by atoms with Crippen molar-refractivity contribution < 1.29 is 15.0 Å². The lowest BCUT2D eigenvalue weighted by Crippen LogP contribution is -2.38. The van der Waals surface area contributed by atoms with Crippen LogP contribution in [0.3, 0.4) is 0 Å². The van der Waals surface area contributed by atoms with Crippen LogP contribution in [0.25, 0.3) is 0 Å². The minimum atomic E-state index is -0.240. The zero-order valence-electron chi connectivity index (χ0n) is 10.1. The maximum atomic E-state index is 12.0. The Bertz CT molecular complexity index is 448. The lowest BCUT2D eigenvalue weighted by molar-refractivity contribution is 0.0915. The second-order valence-corrected chi connectivity index (χ2v) is 4.73. The van der Waals surface area contributed by atoms with E-state index in [0.29, 0.717) is 5.56 Å². The van der Waals surface area contributed by atoms with E-state index >= 15 is 0 Å². The number of phenolic OH excluding ortho intramolecular Hbond substituents is 1. The van der Waals surface area contributed by atoms with E-state index in [-0.39, 0.29) is 35.9 Å². The second kappa shape index (κ2) is 5.27. The van der Waals surface area contributed by atoms with E-state index in [2.05, 4.69) is 5.32 Å². The summed E-state index contributed by atoms with van der Waals surface area (Å²) in [6.07, 6.45) is 2.84. The Balaban J connectivity index is 2.05. The van der Waals surface area contributed by atoms with Crippen molar-refractivity contribution in [2.75, 3.05) is 12.3 Å². The van der Waals surface area contributed by atoms with Crippen molar-refractivity contribution in [3.05, 3.63) is 23.8 Å². The number of phenols is 1. The van der Waals surface area contributed by atoms with Crippen LogP contribution in [-0.2, 0) is 0 Å². The summed E-state index contributed by atoms with van der Waals surface area (Å²) in [5.41, 5.74) is 6.11. The minimum absolute atomic E-state index is 0.0159. The van der Waals surface area contributed by atoms with Crippen LogP contribution in [-0.4, -0.2) is 28.8 Å². The maximum absolute atomic E-state index is 12.0. The Labute approximate surface area is 106 Å². The van der Waals surface area contributed by atoms with Gasteiger partial charge in [0.2, 0.25) is 0 Å². The van der Waals surface area contributed by atoms with Gasteiger partial charge in [0.15, 0.2) is 0 Å². The van der Waals surface area contributed by atoms with Gasteiger partial charge in [0.25, 0.3) is 5.91 Å². The number of nitrogens with one attached hydrogen (secondary N) is 1. The molecule has 0 bridgehead atoms. The van der Waals surface area contributed by atoms with Gasteiger partial charge >= 0.3 is 0 Å². The molecule has 1 aromatic rings. The first kappa shape index (κ1) is 12.7. The van der Waals surface area contributed by atoms with E-state index in [1.54, 1.807) is 6.07 Å². The summed E-state index contributed by atoms with van der Waals surface area (Å²) >= 11 is 0. The maximum Gasteiger partial charge on any atom is 0.251 e. The molecule has 1 aliphatic rings. The van der Waals surface area contributed by atoms with Gasteiger partial charge in [0.1, 0.15) is 5.75 Å². The zero-order valence-corrected chi connectivity index (χ0v) is 10.1. The third-order valence-corrected chi connectivity index (χ3v) is 3.50. The normalized spacial score (nSPS) is 22.9. The monoisotopic (exact) mass is 250 g/mol. The highest BCUT2D eigenvalue weighted by Gasteiger charge is 2.28. The predicted molar refractivity (Wildman–Crippen MR) is 68.2 cm³/mol. The van der Waals surface area contributed by atoms with Gasteiger partial charge in [-0.15, -0.1) is 0 Å². The topological polar surface area (TPSA) is 95.6 Å². The van der Waals surface area contributed by atoms with E-state index in [1.807, 2.05) is 0 Å². The molecule has 18 heavy (non-hydrogen) atoms. The number of hydrogen-bond acceptors (Lipinski definition) is 4. The highest BCUT2D eigenvalue weighted by atomic mass is 16.3. The number of carbonyl (C=O) groups is 1. The molecule has 2 atom stereocenters. The lowest BCUT2D eigenvalue weighted by Gasteiger charge is -2.19. The number of nitrogen functional groups attached to an aromatic ring is 1. The average molecular weight is 250 g/mol. The fourth-order valence-corrected chi connectivity index (χ4v) is 2.38. The molecule has 1 aliphatic carbocycles. The Hall–Kier alpha value is -1.75. The SMILES string of the molecule is Nc1ccc(C(=O)NC2CCCC2CO)cc1O. The molecule has 5 N–H and O–H groups in total. The van der Waals surface area contributed by atoms with Crippen LogP contribution in [0.2, 0.25) is 0 Å². The van der Waals surface area contributed by atoms with Gasteiger partial charge in [-0.25, -0.2) is 0 Å². The smallest absolute Gasteiger partial charge is 0.251 e. The third kappa shape index (κ3) is 2.56. The number of hydrogen-bond donors (Lipinski definition) is 4. The molecule has 0 aliphatic heterocycles. The first-order valence-electron chi connectivity index (χ1n) is 6.12. The molecule has 1 fully saturated rings. The van der Waals surface area contributed by atoms with Crippen LogP contribution in [0, 0.1) is 5.92 Å².